The molecular formula is C12H12ClN3O2S. The average Bonchev–Trinajstić information content (AvgIpc) is 2.85. The molecule has 0 saturated carbocycles. The fraction of sp³-hybridized carbons (Fsp3) is 0.250. The minimum absolute atomic E-state index is 0.430. The molecule has 1 atom stereocenters. The number of H-pyrrole nitrogens is 1. The summed E-state index contributed by atoms with van der Waals surface area (Å²) in [5.74, 6) is -0.259. The summed E-state index contributed by atoms with van der Waals surface area (Å²) < 4.78 is 0. The van der Waals surface area contributed by atoms with Crippen LogP contribution in [0, 0.1) is 0 Å². The summed E-state index contributed by atoms with van der Waals surface area (Å²) in [6.45, 7) is 1.82. The molecule has 7 heteroatoms. The van der Waals surface area contributed by atoms with Gasteiger partial charge in [0.25, 0.3) is 0 Å². The van der Waals surface area contributed by atoms with Gasteiger partial charge >= 0.3 is 5.97 Å². The second-order valence-electron chi connectivity index (χ2n) is 3.83. The first kappa shape index (κ1) is 13.9. The first-order valence-corrected chi connectivity index (χ1v) is 6.93. The normalized spacial score (nSPS) is 12.3. The van der Waals surface area contributed by atoms with Gasteiger partial charge in [0, 0.05) is 10.6 Å². The Morgan fingerprint density at radius 2 is 2.16 bits per heavy atom. The highest BCUT2D eigenvalue weighted by Crippen LogP contribution is 2.25. The van der Waals surface area contributed by atoms with E-state index in [-0.39, 0.29) is 0 Å². The van der Waals surface area contributed by atoms with Crippen LogP contribution < -0.4 is 0 Å². The maximum Gasteiger partial charge on any atom is 0.317 e. The molecule has 0 amide bonds. The van der Waals surface area contributed by atoms with E-state index in [1.54, 1.807) is 12.1 Å². The molecule has 5 nitrogen and oxygen atoms in total. The largest absolute Gasteiger partial charge is 0.480 e. The van der Waals surface area contributed by atoms with Crippen LogP contribution in [0.5, 0.6) is 0 Å². The number of carboxylic acids is 1. The summed E-state index contributed by atoms with van der Waals surface area (Å²) in [6.07, 6.45) is 0.519. The number of aliphatic carboxylic acids is 1. The number of carbonyl (C=O) groups is 1. The van der Waals surface area contributed by atoms with Crippen LogP contribution in [0.25, 0.3) is 11.4 Å². The molecule has 2 N–H and O–H groups in total. The summed E-state index contributed by atoms with van der Waals surface area (Å²) >= 11 is 6.95. The van der Waals surface area contributed by atoms with Crippen molar-refractivity contribution in [1.82, 2.24) is 15.2 Å². The molecule has 1 aromatic heterocycles. The third kappa shape index (κ3) is 3.48. The summed E-state index contributed by atoms with van der Waals surface area (Å²) in [5, 5.41) is 16.3. The van der Waals surface area contributed by atoms with Crippen molar-refractivity contribution in [3.05, 3.63) is 29.3 Å². The van der Waals surface area contributed by atoms with Crippen LogP contribution in [0.1, 0.15) is 13.3 Å². The zero-order valence-electron chi connectivity index (χ0n) is 10.1. The highest BCUT2D eigenvalue weighted by atomic mass is 35.5. The first-order chi connectivity index (χ1) is 9.10. The molecule has 0 bridgehead atoms. The molecule has 0 saturated heterocycles. The van der Waals surface area contributed by atoms with Gasteiger partial charge < -0.3 is 5.11 Å². The van der Waals surface area contributed by atoms with Gasteiger partial charge in [-0.1, -0.05) is 30.3 Å². The fourth-order valence-electron chi connectivity index (χ4n) is 1.47. The van der Waals surface area contributed by atoms with Gasteiger partial charge in [-0.2, -0.15) is 0 Å². The second-order valence-corrected chi connectivity index (χ2v) is 5.43. The Kier molecular flexibility index (Phi) is 4.44. The number of carboxylic acid groups (broad SMARTS) is 1. The van der Waals surface area contributed by atoms with Crippen LogP contribution in [0.15, 0.2) is 29.4 Å². The van der Waals surface area contributed by atoms with Crippen molar-refractivity contribution in [3.8, 4) is 11.4 Å². The number of thioether (sulfide) groups is 1. The average molecular weight is 298 g/mol. The minimum Gasteiger partial charge on any atom is -0.480 e. The van der Waals surface area contributed by atoms with Crippen molar-refractivity contribution < 1.29 is 9.90 Å². The van der Waals surface area contributed by atoms with Crippen LogP contribution in [0.2, 0.25) is 5.02 Å². The lowest BCUT2D eigenvalue weighted by Gasteiger charge is -2.04. The maximum absolute atomic E-state index is 10.9. The van der Waals surface area contributed by atoms with Gasteiger partial charge in [0.15, 0.2) is 5.82 Å². The lowest BCUT2D eigenvalue weighted by molar-refractivity contribution is -0.136. The lowest BCUT2D eigenvalue weighted by Crippen LogP contribution is -2.14. The van der Waals surface area contributed by atoms with Crippen molar-refractivity contribution in [2.45, 2.75) is 23.8 Å². The van der Waals surface area contributed by atoms with Gasteiger partial charge in [0.1, 0.15) is 5.25 Å². The van der Waals surface area contributed by atoms with Crippen LogP contribution in [-0.4, -0.2) is 31.5 Å². The highest BCUT2D eigenvalue weighted by molar-refractivity contribution is 8.00. The molecule has 19 heavy (non-hydrogen) atoms. The van der Waals surface area contributed by atoms with E-state index in [9.17, 15) is 4.79 Å². The van der Waals surface area contributed by atoms with Gasteiger partial charge in [-0.25, -0.2) is 4.98 Å². The Balaban J connectivity index is 2.15. The van der Waals surface area contributed by atoms with Gasteiger partial charge in [0.2, 0.25) is 5.16 Å². The Morgan fingerprint density at radius 3 is 2.74 bits per heavy atom. The van der Waals surface area contributed by atoms with Crippen molar-refractivity contribution >= 4 is 29.3 Å². The Morgan fingerprint density at radius 1 is 1.47 bits per heavy atom. The topological polar surface area (TPSA) is 78.9 Å². The predicted molar refractivity (Wildman–Crippen MR) is 74.4 cm³/mol. The van der Waals surface area contributed by atoms with E-state index < -0.39 is 11.2 Å². The van der Waals surface area contributed by atoms with Gasteiger partial charge in [-0.15, -0.1) is 5.10 Å². The summed E-state index contributed by atoms with van der Waals surface area (Å²) in [5.41, 5.74) is 0.854. The van der Waals surface area contributed by atoms with E-state index in [4.69, 9.17) is 16.7 Å². The SMILES string of the molecule is CC[C@H](Sc1n[nH]c(-c2ccc(Cl)cc2)n1)C(=O)O. The van der Waals surface area contributed by atoms with E-state index in [0.717, 1.165) is 17.3 Å². The third-order valence-corrected chi connectivity index (χ3v) is 3.94. The van der Waals surface area contributed by atoms with E-state index in [1.807, 2.05) is 19.1 Å². The standard InChI is InChI=1S/C12H12ClN3O2S/c1-2-9(11(17)18)19-12-14-10(15-16-12)7-3-5-8(13)6-4-7/h3-6,9H,2H2,1H3,(H,17,18)(H,14,15,16)/t9-/m0/s1. The number of nitrogens with one attached hydrogen (secondary N) is 1. The molecule has 0 radical (unpaired) electrons. The number of hydrogen-bond acceptors (Lipinski definition) is 4. The molecule has 1 heterocycles. The first-order valence-electron chi connectivity index (χ1n) is 5.68. The van der Waals surface area contributed by atoms with Gasteiger partial charge in [-0.3, -0.25) is 9.89 Å². The Bertz CT molecular complexity index is 571. The number of rotatable bonds is 5. The van der Waals surface area contributed by atoms with Crippen molar-refractivity contribution in [3.63, 3.8) is 0 Å². The van der Waals surface area contributed by atoms with Gasteiger partial charge in [-0.05, 0) is 30.7 Å². The van der Waals surface area contributed by atoms with E-state index in [0.29, 0.717) is 22.4 Å². The van der Waals surface area contributed by atoms with Crippen LogP contribution in [0.4, 0.5) is 0 Å². The zero-order chi connectivity index (χ0) is 13.8. The molecule has 0 aliphatic heterocycles. The third-order valence-electron chi connectivity index (χ3n) is 2.48. The molecule has 0 unspecified atom stereocenters. The monoisotopic (exact) mass is 297 g/mol. The number of benzene rings is 1. The summed E-state index contributed by atoms with van der Waals surface area (Å²) in [7, 11) is 0. The molecule has 0 fully saturated rings. The van der Waals surface area contributed by atoms with Crippen molar-refractivity contribution in [2.24, 2.45) is 0 Å². The zero-order valence-corrected chi connectivity index (χ0v) is 11.7. The number of nitrogens with zero attached hydrogens (tertiary/aromatic N) is 2. The van der Waals surface area contributed by atoms with E-state index in [2.05, 4.69) is 15.2 Å². The maximum atomic E-state index is 10.9. The number of halogens is 1. The van der Waals surface area contributed by atoms with Crippen LogP contribution >= 0.6 is 23.4 Å². The number of aromatic amines is 1. The molecule has 0 spiro atoms. The predicted octanol–water partition coefficient (Wildman–Crippen LogP) is 3.08. The minimum atomic E-state index is -0.856. The number of aromatic nitrogens is 3. The fourth-order valence-corrected chi connectivity index (χ4v) is 2.36. The van der Waals surface area contributed by atoms with Crippen molar-refractivity contribution in [1.29, 1.82) is 0 Å². The lowest BCUT2D eigenvalue weighted by atomic mass is 10.2. The quantitative estimate of drug-likeness (QED) is 0.829. The molecule has 0 aliphatic rings. The van der Waals surface area contributed by atoms with Gasteiger partial charge in [0.05, 0.1) is 0 Å². The number of hydrogen-bond donors (Lipinski definition) is 2. The molecule has 100 valence electrons. The molecule has 0 aliphatic carbocycles. The molecule has 2 aromatic rings. The summed E-state index contributed by atoms with van der Waals surface area (Å²) in [6, 6.07) is 7.17. The molecule has 1 aromatic carbocycles. The second kappa shape index (κ2) is 6.08. The highest BCUT2D eigenvalue weighted by Gasteiger charge is 2.19. The van der Waals surface area contributed by atoms with E-state index in [1.165, 1.54) is 0 Å². The smallest absolute Gasteiger partial charge is 0.317 e. The van der Waals surface area contributed by atoms with Crippen LogP contribution in [0.3, 0.4) is 0 Å². The Labute approximate surface area is 119 Å². The van der Waals surface area contributed by atoms with E-state index >= 15 is 0 Å². The molecule has 2 rings (SSSR count). The summed E-state index contributed by atoms with van der Waals surface area (Å²) in [4.78, 5) is 15.2. The van der Waals surface area contributed by atoms with Crippen LogP contribution in [-0.2, 0) is 4.79 Å². The Hall–Kier alpha value is -1.53. The van der Waals surface area contributed by atoms with Crippen molar-refractivity contribution in [2.75, 3.05) is 0 Å². The molecular weight excluding hydrogens is 286 g/mol.